The number of rotatable bonds is 3. The van der Waals surface area contributed by atoms with E-state index in [1.54, 1.807) is 18.2 Å². The Morgan fingerprint density at radius 2 is 1.74 bits per heavy atom. The molecule has 0 aliphatic heterocycles. The molecule has 0 saturated heterocycles. The molecule has 0 aliphatic rings. The maximum Gasteiger partial charge on any atom is 0.160 e. The molecule has 116 valence electrons. The maximum atomic E-state index is 9.72. The Morgan fingerprint density at radius 1 is 1.00 bits per heavy atom. The van der Waals surface area contributed by atoms with E-state index in [-0.39, 0.29) is 6.61 Å². The minimum absolute atomic E-state index is 0.158. The number of aliphatic hydroxyl groups is 1. The van der Waals surface area contributed by atoms with Crippen molar-refractivity contribution in [2.45, 2.75) is 13.5 Å². The van der Waals surface area contributed by atoms with Gasteiger partial charge in [-0.05, 0) is 25.1 Å². The third kappa shape index (κ3) is 3.22. The monoisotopic (exact) mass is 344 g/mol. The Hall–Kier alpha value is -1.94. The minimum atomic E-state index is -0.158. The molecule has 0 amide bonds. The van der Waals surface area contributed by atoms with Gasteiger partial charge in [-0.25, -0.2) is 9.97 Å². The first kappa shape index (κ1) is 15.9. The Balaban J connectivity index is 2.24. The molecule has 0 fully saturated rings. The Morgan fingerprint density at radius 3 is 2.39 bits per heavy atom. The van der Waals surface area contributed by atoms with E-state index in [9.17, 15) is 5.11 Å². The third-order valence-corrected chi connectivity index (χ3v) is 4.14. The van der Waals surface area contributed by atoms with Gasteiger partial charge in [-0.15, -0.1) is 0 Å². The van der Waals surface area contributed by atoms with E-state index in [1.165, 1.54) is 0 Å². The van der Waals surface area contributed by atoms with Gasteiger partial charge in [0.2, 0.25) is 0 Å². The minimum Gasteiger partial charge on any atom is -0.392 e. The number of hydrogen-bond acceptors (Lipinski definition) is 3. The van der Waals surface area contributed by atoms with Crippen LogP contribution >= 0.6 is 23.2 Å². The van der Waals surface area contributed by atoms with Gasteiger partial charge in [-0.1, -0.05) is 53.5 Å². The molecule has 3 rings (SSSR count). The number of aliphatic hydroxyl groups excluding tert-OH is 1. The lowest BCUT2D eigenvalue weighted by Gasteiger charge is -2.13. The highest BCUT2D eigenvalue weighted by atomic mass is 35.5. The second-order valence-electron chi connectivity index (χ2n) is 5.11. The van der Waals surface area contributed by atoms with Crippen molar-refractivity contribution in [3.8, 4) is 22.6 Å². The number of benzene rings is 2. The first-order valence-corrected chi connectivity index (χ1v) is 7.85. The standard InChI is InChI=1S/C18H14Cl2N2O/c1-11-15(10-23)17(14-8-7-13(19)9-16(14)20)22-18(21-11)12-5-3-2-4-6-12/h2-9,23H,10H2,1H3. The van der Waals surface area contributed by atoms with Gasteiger partial charge in [0.25, 0.3) is 0 Å². The molecule has 0 aliphatic carbocycles. The van der Waals surface area contributed by atoms with Crippen LogP contribution in [0.25, 0.3) is 22.6 Å². The normalized spacial score (nSPS) is 10.8. The van der Waals surface area contributed by atoms with Crippen LogP contribution in [0.2, 0.25) is 10.0 Å². The summed E-state index contributed by atoms with van der Waals surface area (Å²) in [4.78, 5) is 9.14. The summed E-state index contributed by atoms with van der Waals surface area (Å²) in [7, 11) is 0. The van der Waals surface area contributed by atoms with Gasteiger partial charge in [0.05, 0.1) is 17.3 Å². The summed E-state index contributed by atoms with van der Waals surface area (Å²) in [5.41, 5.74) is 3.64. The van der Waals surface area contributed by atoms with Crippen LogP contribution in [-0.2, 0) is 6.61 Å². The molecule has 1 heterocycles. The van der Waals surface area contributed by atoms with Gasteiger partial charge in [0.15, 0.2) is 5.82 Å². The van der Waals surface area contributed by atoms with E-state index in [4.69, 9.17) is 23.2 Å². The molecule has 0 bridgehead atoms. The summed E-state index contributed by atoms with van der Waals surface area (Å²) < 4.78 is 0. The van der Waals surface area contributed by atoms with Crippen molar-refractivity contribution in [1.29, 1.82) is 0 Å². The van der Waals surface area contributed by atoms with Gasteiger partial charge in [0.1, 0.15) is 0 Å². The smallest absolute Gasteiger partial charge is 0.160 e. The first-order chi connectivity index (χ1) is 11.1. The molecule has 0 radical (unpaired) electrons. The van der Waals surface area contributed by atoms with E-state index in [0.29, 0.717) is 27.1 Å². The highest BCUT2D eigenvalue weighted by Crippen LogP contribution is 2.33. The van der Waals surface area contributed by atoms with Crippen LogP contribution in [0.1, 0.15) is 11.3 Å². The van der Waals surface area contributed by atoms with Gasteiger partial charge in [0, 0.05) is 27.4 Å². The first-order valence-electron chi connectivity index (χ1n) is 7.09. The van der Waals surface area contributed by atoms with E-state index in [0.717, 1.165) is 16.8 Å². The SMILES string of the molecule is Cc1nc(-c2ccccc2)nc(-c2ccc(Cl)cc2Cl)c1CO. The molecule has 0 saturated carbocycles. The number of nitrogens with zero attached hydrogens (tertiary/aromatic N) is 2. The summed E-state index contributed by atoms with van der Waals surface area (Å²) in [6.07, 6.45) is 0. The van der Waals surface area contributed by atoms with E-state index < -0.39 is 0 Å². The summed E-state index contributed by atoms with van der Waals surface area (Å²) >= 11 is 12.3. The maximum absolute atomic E-state index is 9.72. The number of halogens is 2. The van der Waals surface area contributed by atoms with Gasteiger partial charge in [-0.3, -0.25) is 0 Å². The highest BCUT2D eigenvalue weighted by molar-refractivity contribution is 6.36. The number of aromatic nitrogens is 2. The van der Waals surface area contributed by atoms with Crippen molar-refractivity contribution < 1.29 is 5.11 Å². The van der Waals surface area contributed by atoms with Crippen LogP contribution in [-0.4, -0.2) is 15.1 Å². The molecule has 5 heteroatoms. The lowest BCUT2D eigenvalue weighted by atomic mass is 10.0. The van der Waals surface area contributed by atoms with Crippen LogP contribution in [0.4, 0.5) is 0 Å². The average molecular weight is 345 g/mol. The third-order valence-electron chi connectivity index (χ3n) is 3.59. The molecule has 3 aromatic rings. The fraction of sp³-hybridized carbons (Fsp3) is 0.111. The fourth-order valence-electron chi connectivity index (χ4n) is 2.41. The number of aryl methyl sites for hydroxylation is 1. The van der Waals surface area contributed by atoms with Crippen molar-refractivity contribution in [2.75, 3.05) is 0 Å². The highest BCUT2D eigenvalue weighted by Gasteiger charge is 2.16. The summed E-state index contributed by atoms with van der Waals surface area (Å²) in [5.74, 6) is 0.598. The van der Waals surface area contributed by atoms with E-state index in [1.807, 2.05) is 37.3 Å². The predicted octanol–water partition coefficient (Wildman–Crippen LogP) is 4.92. The lowest BCUT2D eigenvalue weighted by Crippen LogP contribution is -2.03. The van der Waals surface area contributed by atoms with E-state index in [2.05, 4.69) is 9.97 Å². The van der Waals surface area contributed by atoms with Crippen molar-refractivity contribution in [3.05, 3.63) is 69.8 Å². The molecule has 1 aromatic heterocycles. The second-order valence-corrected chi connectivity index (χ2v) is 5.95. The predicted molar refractivity (Wildman–Crippen MR) is 93.6 cm³/mol. The lowest BCUT2D eigenvalue weighted by molar-refractivity contribution is 0.280. The zero-order valence-corrected chi connectivity index (χ0v) is 13.9. The Labute approximate surface area is 144 Å². The largest absolute Gasteiger partial charge is 0.392 e. The molecule has 3 nitrogen and oxygen atoms in total. The zero-order chi connectivity index (χ0) is 16.4. The van der Waals surface area contributed by atoms with Crippen LogP contribution in [0.3, 0.4) is 0 Å². The average Bonchev–Trinajstić information content (AvgIpc) is 2.55. The zero-order valence-electron chi connectivity index (χ0n) is 12.4. The van der Waals surface area contributed by atoms with E-state index >= 15 is 0 Å². The van der Waals surface area contributed by atoms with Gasteiger partial charge >= 0.3 is 0 Å². The molecule has 0 spiro atoms. The van der Waals surface area contributed by atoms with Gasteiger partial charge in [-0.2, -0.15) is 0 Å². The molecule has 2 aromatic carbocycles. The quantitative estimate of drug-likeness (QED) is 0.733. The molecular weight excluding hydrogens is 331 g/mol. The second kappa shape index (κ2) is 6.67. The van der Waals surface area contributed by atoms with Crippen LogP contribution in [0.5, 0.6) is 0 Å². The van der Waals surface area contributed by atoms with Gasteiger partial charge < -0.3 is 5.11 Å². The fourth-order valence-corrected chi connectivity index (χ4v) is 2.90. The summed E-state index contributed by atoms with van der Waals surface area (Å²) in [6, 6.07) is 14.9. The Kier molecular flexibility index (Phi) is 4.62. The van der Waals surface area contributed by atoms with Crippen molar-refractivity contribution in [1.82, 2.24) is 9.97 Å². The van der Waals surface area contributed by atoms with Crippen LogP contribution < -0.4 is 0 Å². The Bertz CT molecular complexity index is 851. The molecule has 0 unspecified atom stereocenters. The number of hydrogen-bond donors (Lipinski definition) is 1. The molecule has 0 atom stereocenters. The topological polar surface area (TPSA) is 46.0 Å². The van der Waals surface area contributed by atoms with Crippen molar-refractivity contribution in [2.24, 2.45) is 0 Å². The molecular formula is C18H14Cl2N2O. The summed E-state index contributed by atoms with van der Waals surface area (Å²) in [6.45, 7) is 1.70. The summed E-state index contributed by atoms with van der Waals surface area (Å²) in [5, 5.41) is 10.8. The van der Waals surface area contributed by atoms with Crippen LogP contribution in [0.15, 0.2) is 48.5 Å². The molecule has 23 heavy (non-hydrogen) atoms. The van der Waals surface area contributed by atoms with Crippen LogP contribution in [0, 0.1) is 6.92 Å². The van der Waals surface area contributed by atoms with Crippen molar-refractivity contribution in [3.63, 3.8) is 0 Å². The molecule has 1 N–H and O–H groups in total. The van der Waals surface area contributed by atoms with Crippen molar-refractivity contribution >= 4 is 23.2 Å².